The lowest BCUT2D eigenvalue weighted by molar-refractivity contribution is -0.195. The molecule has 0 radical (unpaired) electrons. The summed E-state index contributed by atoms with van der Waals surface area (Å²) in [6.45, 7) is 2.25. The van der Waals surface area contributed by atoms with E-state index in [1.165, 1.54) is 0 Å². The molecule has 2 fully saturated rings. The zero-order chi connectivity index (χ0) is 14.3. The second kappa shape index (κ2) is 5.59. The third kappa shape index (κ3) is 2.45. The summed E-state index contributed by atoms with van der Waals surface area (Å²) in [6.07, 6.45) is -0.588. The van der Waals surface area contributed by atoms with Crippen molar-refractivity contribution >= 4 is 28.6 Å². The molecule has 0 amide bonds. The lowest BCUT2D eigenvalue weighted by Crippen LogP contribution is -2.35. The van der Waals surface area contributed by atoms with Gasteiger partial charge in [0.05, 0.1) is 19.1 Å². The Balaban J connectivity index is 1.82. The molecule has 2 aliphatic heterocycles. The largest absolute Gasteiger partial charge is 0.461 e. The Morgan fingerprint density at radius 3 is 2.95 bits per heavy atom. The van der Waals surface area contributed by atoms with Crippen molar-refractivity contribution in [2.24, 2.45) is 5.92 Å². The molecule has 3 rings (SSSR count). The molecule has 0 spiro atoms. The summed E-state index contributed by atoms with van der Waals surface area (Å²) in [6, 6.07) is 7.62. The van der Waals surface area contributed by atoms with E-state index in [-0.39, 0.29) is 30.7 Å². The fourth-order valence-corrected chi connectivity index (χ4v) is 3.58. The van der Waals surface area contributed by atoms with Crippen LogP contribution >= 0.6 is 22.6 Å². The predicted molar refractivity (Wildman–Crippen MR) is 79.5 cm³/mol. The number of hydrogen-bond acceptors (Lipinski definition) is 5. The van der Waals surface area contributed by atoms with Crippen LogP contribution in [0.1, 0.15) is 12.5 Å². The van der Waals surface area contributed by atoms with Crippen LogP contribution in [0.4, 0.5) is 0 Å². The zero-order valence-corrected chi connectivity index (χ0v) is 13.2. The number of aliphatic hydroxyl groups excluding tert-OH is 1. The lowest BCUT2D eigenvalue weighted by atomic mass is 9.93. The fraction of sp³-hybridized carbons (Fsp3) is 0.500. The summed E-state index contributed by atoms with van der Waals surface area (Å²) in [5.74, 6) is -0.362. The van der Waals surface area contributed by atoms with Crippen molar-refractivity contribution in [1.29, 1.82) is 0 Å². The van der Waals surface area contributed by atoms with Gasteiger partial charge in [-0.1, -0.05) is 12.1 Å². The van der Waals surface area contributed by atoms with Crippen LogP contribution < -0.4 is 0 Å². The van der Waals surface area contributed by atoms with Crippen LogP contribution in [0.3, 0.4) is 0 Å². The first-order chi connectivity index (χ1) is 9.60. The van der Waals surface area contributed by atoms with E-state index in [4.69, 9.17) is 9.57 Å². The van der Waals surface area contributed by atoms with Gasteiger partial charge in [0, 0.05) is 3.57 Å². The summed E-state index contributed by atoms with van der Waals surface area (Å²) in [7, 11) is 0. The quantitative estimate of drug-likeness (QED) is 0.625. The van der Waals surface area contributed by atoms with E-state index in [9.17, 15) is 9.90 Å². The first-order valence-corrected chi connectivity index (χ1v) is 7.67. The van der Waals surface area contributed by atoms with E-state index in [1.807, 2.05) is 25.1 Å². The summed E-state index contributed by atoms with van der Waals surface area (Å²) in [5.41, 5.74) is 1.07. The van der Waals surface area contributed by atoms with Crippen molar-refractivity contribution in [2.75, 3.05) is 6.61 Å². The number of carbonyl (C=O) groups excluding carboxylic acids is 1. The van der Waals surface area contributed by atoms with Crippen molar-refractivity contribution < 1.29 is 19.5 Å². The molecule has 5 nitrogen and oxygen atoms in total. The average molecular weight is 389 g/mol. The minimum absolute atomic E-state index is 0.102. The highest BCUT2D eigenvalue weighted by Crippen LogP contribution is 2.38. The summed E-state index contributed by atoms with van der Waals surface area (Å²) in [4.78, 5) is 17.7. The first-order valence-electron chi connectivity index (χ1n) is 6.59. The van der Waals surface area contributed by atoms with Crippen LogP contribution in [0.25, 0.3) is 0 Å². The Morgan fingerprint density at radius 1 is 1.45 bits per heavy atom. The van der Waals surface area contributed by atoms with Crippen molar-refractivity contribution in [2.45, 2.75) is 31.7 Å². The van der Waals surface area contributed by atoms with E-state index in [0.717, 1.165) is 9.13 Å². The third-order valence-electron chi connectivity index (χ3n) is 3.87. The molecule has 108 valence electrons. The van der Waals surface area contributed by atoms with Crippen LogP contribution in [0, 0.1) is 9.49 Å². The molecule has 2 heterocycles. The van der Waals surface area contributed by atoms with E-state index < -0.39 is 6.04 Å². The highest BCUT2D eigenvalue weighted by molar-refractivity contribution is 14.1. The molecule has 1 N–H and O–H groups in total. The molecule has 0 aromatic heterocycles. The molecule has 2 saturated heterocycles. The molecule has 4 atom stereocenters. The SMILES string of the molecule is CC1OC(=O)[C@@H]2C1C(CO)ON2Cc1cccc(I)c1. The molecule has 20 heavy (non-hydrogen) atoms. The molecule has 6 heteroatoms. The molecule has 0 saturated carbocycles. The number of halogens is 1. The van der Waals surface area contributed by atoms with Crippen LogP contribution in [-0.4, -0.2) is 41.0 Å². The van der Waals surface area contributed by atoms with Crippen molar-refractivity contribution in [3.8, 4) is 0 Å². The Bertz CT molecular complexity index is 524. The summed E-state index contributed by atoms with van der Waals surface area (Å²) < 4.78 is 6.41. The maximum atomic E-state index is 12.0. The number of fused-ring (bicyclic) bond motifs is 1. The third-order valence-corrected chi connectivity index (χ3v) is 4.54. The molecule has 0 aliphatic carbocycles. The molecule has 1 aromatic carbocycles. The maximum Gasteiger partial charge on any atom is 0.326 e. The number of ether oxygens (including phenoxy) is 1. The maximum absolute atomic E-state index is 12.0. The van der Waals surface area contributed by atoms with Gasteiger partial charge >= 0.3 is 5.97 Å². The van der Waals surface area contributed by atoms with Gasteiger partial charge in [0.25, 0.3) is 0 Å². The van der Waals surface area contributed by atoms with Gasteiger partial charge in [0.1, 0.15) is 18.2 Å². The molecular weight excluding hydrogens is 373 g/mol. The molecule has 2 aliphatic rings. The standard InChI is InChI=1S/C14H16INO4/c1-8-12-11(7-17)20-16(13(12)14(18)19-8)6-9-3-2-4-10(15)5-9/h2-5,8,11-13,17H,6-7H2,1H3/t8?,11?,12?,13-/m0/s1. The molecule has 3 unspecified atom stereocenters. The fourth-order valence-electron chi connectivity index (χ4n) is 2.98. The van der Waals surface area contributed by atoms with Gasteiger partial charge in [-0.2, -0.15) is 5.06 Å². The normalized spacial score (nSPS) is 33.2. The van der Waals surface area contributed by atoms with Gasteiger partial charge in [-0.05, 0) is 47.2 Å². The van der Waals surface area contributed by atoms with Crippen molar-refractivity contribution in [3.63, 3.8) is 0 Å². The number of esters is 1. The predicted octanol–water partition coefficient (Wildman–Crippen LogP) is 1.33. The second-order valence-corrected chi connectivity index (χ2v) is 6.44. The summed E-state index contributed by atoms with van der Waals surface area (Å²) in [5, 5.41) is 11.1. The van der Waals surface area contributed by atoms with E-state index in [2.05, 4.69) is 28.7 Å². The van der Waals surface area contributed by atoms with Gasteiger partial charge < -0.3 is 9.84 Å². The van der Waals surface area contributed by atoms with Crippen LogP contribution in [0.15, 0.2) is 24.3 Å². The number of nitrogens with zero attached hydrogens (tertiary/aromatic N) is 1. The molecule has 0 bridgehead atoms. The number of rotatable bonds is 3. The zero-order valence-electron chi connectivity index (χ0n) is 11.0. The van der Waals surface area contributed by atoms with Crippen molar-refractivity contribution in [1.82, 2.24) is 5.06 Å². The van der Waals surface area contributed by atoms with Crippen molar-refractivity contribution in [3.05, 3.63) is 33.4 Å². The van der Waals surface area contributed by atoms with Gasteiger partial charge in [-0.15, -0.1) is 0 Å². The van der Waals surface area contributed by atoms with Gasteiger partial charge in [-0.25, -0.2) is 0 Å². The number of benzene rings is 1. The van der Waals surface area contributed by atoms with E-state index in [1.54, 1.807) is 5.06 Å². The number of hydroxylamine groups is 2. The Hall–Kier alpha value is -0.700. The number of carbonyl (C=O) groups is 1. The number of cyclic esters (lactones) is 1. The van der Waals surface area contributed by atoms with Gasteiger partial charge in [0.2, 0.25) is 0 Å². The highest BCUT2D eigenvalue weighted by atomic mass is 127. The first kappa shape index (κ1) is 14.2. The average Bonchev–Trinajstić information content (AvgIpc) is 2.90. The Labute approximate surface area is 130 Å². The Kier molecular flexibility index (Phi) is 3.98. The van der Waals surface area contributed by atoms with Crippen LogP contribution in [0.5, 0.6) is 0 Å². The summed E-state index contributed by atoms with van der Waals surface area (Å²) >= 11 is 2.25. The van der Waals surface area contributed by atoms with Crippen LogP contribution in [0.2, 0.25) is 0 Å². The number of aliphatic hydroxyl groups is 1. The molecule has 1 aromatic rings. The minimum atomic E-state index is -0.417. The monoisotopic (exact) mass is 389 g/mol. The lowest BCUT2D eigenvalue weighted by Gasteiger charge is -2.20. The smallest absolute Gasteiger partial charge is 0.326 e. The van der Waals surface area contributed by atoms with E-state index >= 15 is 0 Å². The van der Waals surface area contributed by atoms with Gasteiger partial charge in [0.15, 0.2) is 0 Å². The highest BCUT2D eigenvalue weighted by Gasteiger charge is 2.55. The van der Waals surface area contributed by atoms with Gasteiger partial charge in [-0.3, -0.25) is 9.63 Å². The second-order valence-electron chi connectivity index (χ2n) is 5.20. The Morgan fingerprint density at radius 2 is 2.25 bits per heavy atom. The minimum Gasteiger partial charge on any atom is -0.461 e. The van der Waals surface area contributed by atoms with Crippen LogP contribution in [-0.2, 0) is 20.9 Å². The van der Waals surface area contributed by atoms with E-state index in [0.29, 0.717) is 6.54 Å². The molecular formula is C14H16INO4. The number of hydrogen-bond donors (Lipinski definition) is 1. The topological polar surface area (TPSA) is 59.0 Å².